The standard InChI is InChI=1S/C17H15N3/c1-12(14-6-4-3-5-7-14)17-19-15-10-13(11-18)8-9-16(15)20(17)2/h3-10,12H,1-2H3. The monoisotopic (exact) mass is 261 g/mol. The Balaban J connectivity index is 2.13. The summed E-state index contributed by atoms with van der Waals surface area (Å²) in [5.74, 6) is 1.24. The first-order chi connectivity index (χ1) is 9.70. The minimum atomic E-state index is 0.221. The van der Waals surface area contributed by atoms with Gasteiger partial charge in [-0.2, -0.15) is 5.26 Å². The largest absolute Gasteiger partial charge is 0.331 e. The van der Waals surface area contributed by atoms with Crippen LogP contribution in [0, 0.1) is 11.3 Å². The number of aromatic nitrogens is 2. The summed E-state index contributed by atoms with van der Waals surface area (Å²) in [6, 6.07) is 18.1. The summed E-state index contributed by atoms with van der Waals surface area (Å²) in [5, 5.41) is 8.98. The van der Waals surface area contributed by atoms with Gasteiger partial charge in [0.1, 0.15) is 5.82 Å². The third kappa shape index (κ3) is 1.96. The second kappa shape index (κ2) is 4.82. The van der Waals surface area contributed by atoms with Crippen molar-refractivity contribution in [3.8, 4) is 6.07 Å². The molecule has 0 N–H and O–H groups in total. The van der Waals surface area contributed by atoms with Crippen LogP contribution in [-0.2, 0) is 7.05 Å². The normalized spacial score (nSPS) is 12.2. The molecule has 20 heavy (non-hydrogen) atoms. The number of hydrogen-bond acceptors (Lipinski definition) is 2. The number of fused-ring (bicyclic) bond motifs is 1. The van der Waals surface area contributed by atoms with E-state index in [-0.39, 0.29) is 5.92 Å². The van der Waals surface area contributed by atoms with Crippen molar-refractivity contribution in [2.45, 2.75) is 12.8 Å². The molecule has 2 aromatic carbocycles. The van der Waals surface area contributed by atoms with Gasteiger partial charge in [-0.25, -0.2) is 4.98 Å². The fraction of sp³-hybridized carbons (Fsp3) is 0.176. The Hall–Kier alpha value is -2.60. The maximum absolute atomic E-state index is 8.98. The van der Waals surface area contributed by atoms with E-state index in [2.05, 4.69) is 29.7 Å². The van der Waals surface area contributed by atoms with Gasteiger partial charge in [-0.1, -0.05) is 37.3 Å². The molecule has 0 fully saturated rings. The zero-order chi connectivity index (χ0) is 14.1. The Bertz CT molecular complexity index is 794. The number of nitriles is 1. The van der Waals surface area contributed by atoms with Crippen LogP contribution >= 0.6 is 0 Å². The van der Waals surface area contributed by atoms with Crippen LogP contribution in [0.5, 0.6) is 0 Å². The Morgan fingerprint density at radius 3 is 2.60 bits per heavy atom. The van der Waals surface area contributed by atoms with Gasteiger partial charge in [0.15, 0.2) is 0 Å². The SMILES string of the molecule is CC(c1ccccc1)c1nc2cc(C#N)ccc2n1C. The molecule has 98 valence electrons. The summed E-state index contributed by atoms with van der Waals surface area (Å²) in [5.41, 5.74) is 3.83. The summed E-state index contributed by atoms with van der Waals surface area (Å²) < 4.78 is 2.11. The molecule has 0 radical (unpaired) electrons. The first-order valence-corrected chi connectivity index (χ1v) is 6.62. The third-order valence-electron chi connectivity index (χ3n) is 3.73. The maximum Gasteiger partial charge on any atom is 0.116 e. The molecule has 1 unspecified atom stereocenters. The zero-order valence-electron chi connectivity index (χ0n) is 11.5. The van der Waals surface area contributed by atoms with Crippen molar-refractivity contribution in [3.63, 3.8) is 0 Å². The van der Waals surface area contributed by atoms with Gasteiger partial charge in [0.25, 0.3) is 0 Å². The predicted molar refractivity (Wildman–Crippen MR) is 79.4 cm³/mol. The van der Waals surface area contributed by atoms with E-state index in [4.69, 9.17) is 10.2 Å². The molecule has 1 atom stereocenters. The Morgan fingerprint density at radius 1 is 1.15 bits per heavy atom. The number of hydrogen-bond donors (Lipinski definition) is 0. The van der Waals surface area contributed by atoms with Crippen molar-refractivity contribution >= 4 is 11.0 Å². The number of imidazole rings is 1. The summed E-state index contributed by atoms with van der Waals surface area (Å²) in [6.45, 7) is 2.15. The molecule has 0 aliphatic carbocycles. The summed E-state index contributed by atoms with van der Waals surface area (Å²) in [6.07, 6.45) is 0. The number of aryl methyl sites for hydroxylation is 1. The fourth-order valence-corrected chi connectivity index (χ4v) is 2.57. The maximum atomic E-state index is 8.98. The van der Waals surface area contributed by atoms with Gasteiger partial charge in [-0.3, -0.25) is 0 Å². The first-order valence-electron chi connectivity index (χ1n) is 6.62. The Kier molecular flexibility index (Phi) is 3.00. The Morgan fingerprint density at radius 2 is 1.90 bits per heavy atom. The van der Waals surface area contributed by atoms with E-state index in [1.165, 1.54) is 5.56 Å². The molecule has 0 bridgehead atoms. The molecule has 0 amide bonds. The molecule has 0 aliphatic rings. The summed E-state index contributed by atoms with van der Waals surface area (Å²) in [7, 11) is 2.02. The Labute approximate surface area is 118 Å². The van der Waals surface area contributed by atoms with Crippen LogP contribution in [0.2, 0.25) is 0 Å². The molecule has 1 aromatic heterocycles. The number of nitrogens with zero attached hydrogens (tertiary/aromatic N) is 3. The summed E-state index contributed by atoms with van der Waals surface area (Å²) in [4.78, 5) is 4.71. The van der Waals surface area contributed by atoms with Crippen molar-refractivity contribution < 1.29 is 0 Å². The molecule has 3 nitrogen and oxygen atoms in total. The number of benzene rings is 2. The van der Waals surface area contributed by atoms with E-state index in [0.717, 1.165) is 16.9 Å². The van der Waals surface area contributed by atoms with Crippen molar-refractivity contribution in [2.75, 3.05) is 0 Å². The van der Waals surface area contributed by atoms with Crippen LogP contribution in [0.1, 0.15) is 29.8 Å². The second-order valence-corrected chi connectivity index (χ2v) is 4.98. The fourth-order valence-electron chi connectivity index (χ4n) is 2.57. The van der Waals surface area contributed by atoms with Crippen LogP contribution < -0.4 is 0 Å². The molecule has 3 aromatic rings. The van der Waals surface area contributed by atoms with Crippen LogP contribution in [-0.4, -0.2) is 9.55 Å². The molecule has 1 heterocycles. The van der Waals surface area contributed by atoms with E-state index in [1.54, 1.807) is 0 Å². The lowest BCUT2D eigenvalue weighted by Gasteiger charge is -2.11. The van der Waals surface area contributed by atoms with Crippen molar-refractivity contribution in [1.29, 1.82) is 5.26 Å². The highest BCUT2D eigenvalue weighted by Crippen LogP contribution is 2.26. The zero-order valence-corrected chi connectivity index (χ0v) is 11.5. The van der Waals surface area contributed by atoms with Crippen LogP contribution in [0.15, 0.2) is 48.5 Å². The topological polar surface area (TPSA) is 41.6 Å². The van der Waals surface area contributed by atoms with Gasteiger partial charge in [0, 0.05) is 13.0 Å². The molecular weight excluding hydrogens is 246 g/mol. The van der Waals surface area contributed by atoms with Gasteiger partial charge in [-0.15, -0.1) is 0 Å². The van der Waals surface area contributed by atoms with Crippen LogP contribution in [0.25, 0.3) is 11.0 Å². The molecule has 0 spiro atoms. The molecule has 0 aliphatic heterocycles. The van der Waals surface area contributed by atoms with Gasteiger partial charge < -0.3 is 4.57 Å². The minimum absolute atomic E-state index is 0.221. The van der Waals surface area contributed by atoms with E-state index in [9.17, 15) is 0 Å². The van der Waals surface area contributed by atoms with Gasteiger partial charge in [-0.05, 0) is 23.8 Å². The lowest BCUT2D eigenvalue weighted by molar-refractivity contribution is 0.753. The van der Waals surface area contributed by atoms with E-state index in [0.29, 0.717) is 5.56 Å². The minimum Gasteiger partial charge on any atom is -0.331 e. The van der Waals surface area contributed by atoms with Crippen molar-refractivity contribution in [3.05, 3.63) is 65.5 Å². The van der Waals surface area contributed by atoms with E-state index < -0.39 is 0 Å². The van der Waals surface area contributed by atoms with Crippen molar-refractivity contribution in [1.82, 2.24) is 9.55 Å². The first kappa shape index (κ1) is 12.4. The lowest BCUT2D eigenvalue weighted by atomic mass is 10.0. The molecule has 0 saturated heterocycles. The van der Waals surface area contributed by atoms with Crippen molar-refractivity contribution in [2.24, 2.45) is 7.05 Å². The average Bonchev–Trinajstić information content (AvgIpc) is 2.84. The lowest BCUT2D eigenvalue weighted by Crippen LogP contribution is -2.04. The molecule has 3 rings (SSSR count). The predicted octanol–water partition coefficient (Wildman–Crippen LogP) is 3.60. The average molecular weight is 261 g/mol. The molecule has 0 saturated carbocycles. The summed E-state index contributed by atoms with van der Waals surface area (Å²) >= 11 is 0. The quantitative estimate of drug-likeness (QED) is 0.707. The van der Waals surface area contributed by atoms with Crippen LogP contribution in [0.3, 0.4) is 0 Å². The van der Waals surface area contributed by atoms with Gasteiger partial charge >= 0.3 is 0 Å². The third-order valence-corrected chi connectivity index (χ3v) is 3.73. The number of rotatable bonds is 2. The van der Waals surface area contributed by atoms with Gasteiger partial charge in [0.2, 0.25) is 0 Å². The van der Waals surface area contributed by atoms with Gasteiger partial charge in [0.05, 0.1) is 22.7 Å². The van der Waals surface area contributed by atoms with E-state index >= 15 is 0 Å². The molecular formula is C17H15N3. The van der Waals surface area contributed by atoms with E-state index in [1.807, 2.05) is 43.4 Å². The smallest absolute Gasteiger partial charge is 0.116 e. The molecule has 3 heteroatoms. The highest BCUT2D eigenvalue weighted by atomic mass is 15.1. The second-order valence-electron chi connectivity index (χ2n) is 4.98. The van der Waals surface area contributed by atoms with Crippen LogP contribution in [0.4, 0.5) is 0 Å². The highest BCUT2D eigenvalue weighted by Gasteiger charge is 2.16. The highest BCUT2D eigenvalue weighted by molar-refractivity contribution is 5.77.